The molecule has 0 radical (unpaired) electrons. The van der Waals surface area contributed by atoms with Gasteiger partial charge in [-0.3, -0.25) is 0 Å². The summed E-state index contributed by atoms with van der Waals surface area (Å²) >= 11 is 0. The smallest absolute Gasteiger partial charge is 0.123 e. The molecule has 72 valence electrons. The largest absolute Gasteiger partial charge is 0.373 e. The van der Waals surface area contributed by atoms with Crippen LogP contribution in [0.25, 0.3) is 0 Å². The molecule has 0 heterocycles. The van der Waals surface area contributed by atoms with Gasteiger partial charge in [0.1, 0.15) is 5.82 Å². The summed E-state index contributed by atoms with van der Waals surface area (Å²) in [6, 6.07) is 6.26. The molecule has 0 aromatic heterocycles. The van der Waals surface area contributed by atoms with Crippen molar-refractivity contribution < 1.29 is 9.13 Å². The third-order valence-corrected chi connectivity index (χ3v) is 1.78. The molecule has 2 N–H and O–H groups in total. The minimum absolute atomic E-state index is 0.0463. The number of hydrogen-bond donors (Lipinski definition) is 1. The molecule has 1 aromatic rings. The van der Waals surface area contributed by atoms with E-state index < -0.39 is 0 Å². The number of nitrogens with two attached hydrogens (primary N) is 1. The first-order valence-corrected chi connectivity index (χ1v) is 4.28. The lowest BCUT2D eigenvalue weighted by Crippen LogP contribution is -2.19. The lowest BCUT2D eigenvalue weighted by atomic mass is 10.2. The average molecular weight is 183 g/mol. The van der Waals surface area contributed by atoms with Crippen molar-refractivity contribution in [1.29, 1.82) is 0 Å². The summed E-state index contributed by atoms with van der Waals surface area (Å²) in [6.07, 6.45) is 0.0463. The zero-order chi connectivity index (χ0) is 9.68. The highest BCUT2D eigenvalue weighted by atomic mass is 19.1. The van der Waals surface area contributed by atoms with Crippen LogP contribution in [0.3, 0.4) is 0 Å². The zero-order valence-corrected chi connectivity index (χ0v) is 7.66. The third kappa shape index (κ3) is 3.53. The van der Waals surface area contributed by atoms with Crippen molar-refractivity contribution in [2.24, 2.45) is 5.73 Å². The van der Waals surface area contributed by atoms with E-state index in [0.29, 0.717) is 13.2 Å². The Morgan fingerprint density at radius 2 is 2.00 bits per heavy atom. The lowest BCUT2D eigenvalue weighted by Gasteiger charge is -2.09. The average Bonchev–Trinajstić information content (AvgIpc) is 2.16. The molecule has 1 aromatic carbocycles. The third-order valence-electron chi connectivity index (χ3n) is 1.78. The van der Waals surface area contributed by atoms with Crippen LogP contribution in [-0.2, 0) is 11.3 Å². The first-order valence-electron chi connectivity index (χ1n) is 4.28. The maximum atomic E-state index is 12.5. The van der Waals surface area contributed by atoms with E-state index >= 15 is 0 Å². The van der Waals surface area contributed by atoms with Crippen molar-refractivity contribution in [3.8, 4) is 0 Å². The monoisotopic (exact) mass is 183 g/mol. The first-order chi connectivity index (χ1) is 6.22. The molecular formula is C10H14FNO. The summed E-state index contributed by atoms with van der Waals surface area (Å²) in [5.74, 6) is -0.226. The summed E-state index contributed by atoms with van der Waals surface area (Å²) in [7, 11) is 0. The van der Waals surface area contributed by atoms with E-state index in [-0.39, 0.29) is 11.9 Å². The number of ether oxygens (including phenoxy) is 1. The van der Waals surface area contributed by atoms with Crippen LogP contribution < -0.4 is 5.73 Å². The van der Waals surface area contributed by atoms with Gasteiger partial charge in [0.15, 0.2) is 0 Å². The van der Waals surface area contributed by atoms with Crippen LogP contribution >= 0.6 is 0 Å². The molecule has 0 saturated heterocycles. The second-order valence-corrected chi connectivity index (χ2v) is 2.98. The molecule has 0 aliphatic carbocycles. The van der Waals surface area contributed by atoms with Crippen LogP contribution in [0.15, 0.2) is 24.3 Å². The van der Waals surface area contributed by atoms with Crippen molar-refractivity contribution >= 4 is 0 Å². The van der Waals surface area contributed by atoms with Crippen LogP contribution in [-0.4, -0.2) is 12.6 Å². The molecule has 0 amide bonds. The predicted molar refractivity (Wildman–Crippen MR) is 49.7 cm³/mol. The Morgan fingerprint density at radius 3 is 2.54 bits per heavy atom. The van der Waals surface area contributed by atoms with Crippen molar-refractivity contribution in [2.45, 2.75) is 19.6 Å². The van der Waals surface area contributed by atoms with Crippen LogP contribution in [0, 0.1) is 5.82 Å². The van der Waals surface area contributed by atoms with Crippen LogP contribution in [0.5, 0.6) is 0 Å². The fourth-order valence-electron chi connectivity index (χ4n) is 0.887. The maximum Gasteiger partial charge on any atom is 0.123 e. The molecule has 0 aliphatic rings. The maximum absolute atomic E-state index is 12.5. The van der Waals surface area contributed by atoms with E-state index in [1.807, 2.05) is 6.92 Å². The standard InChI is InChI=1S/C10H14FNO/c1-8(6-12)13-7-9-2-4-10(11)5-3-9/h2-5,8H,6-7,12H2,1H3/t8-/m0/s1. The highest BCUT2D eigenvalue weighted by molar-refractivity contribution is 5.14. The molecule has 1 rings (SSSR count). The van der Waals surface area contributed by atoms with Crippen molar-refractivity contribution in [3.05, 3.63) is 35.6 Å². The fourth-order valence-corrected chi connectivity index (χ4v) is 0.887. The summed E-state index contributed by atoms with van der Waals surface area (Å²) in [5.41, 5.74) is 6.34. The van der Waals surface area contributed by atoms with Gasteiger partial charge in [0.05, 0.1) is 12.7 Å². The molecule has 2 nitrogen and oxygen atoms in total. The lowest BCUT2D eigenvalue weighted by molar-refractivity contribution is 0.0589. The van der Waals surface area contributed by atoms with E-state index in [9.17, 15) is 4.39 Å². The van der Waals surface area contributed by atoms with Crippen LogP contribution in [0.1, 0.15) is 12.5 Å². The molecular weight excluding hydrogens is 169 g/mol. The van der Waals surface area contributed by atoms with Gasteiger partial charge in [-0.25, -0.2) is 4.39 Å². The van der Waals surface area contributed by atoms with E-state index in [4.69, 9.17) is 10.5 Å². The molecule has 0 fully saturated rings. The summed E-state index contributed by atoms with van der Waals surface area (Å²) in [5, 5.41) is 0. The zero-order valence-electron chi connectivity index (χ0n) is 7.66. The Balaban J connectivity index is 2.41. The summed E-state index contributed by atoms with van der Waals surface area (Å²) < 4.78 is 17.9. The van der Waals surface area contributed by atoms with Crippen molar-refractivity contribution in [1.82, 2.24) is 0 Å². The molecule has 13 heavy (non-hydrogen) atoms. The normalized spacial score (nSPS) is 12.8. The fraction of sp³-hybridized carbons (Fsp3) is 0.400. The molecule has 0 saturated carbocycles. The summed E-state index contributed by atoms with van der Waals surface area (Å²) in [6.45, 7) is 2.89. The van der Waals surface area contributed by atoms with E-state index in [1.54, 1.807) is 12.1 Å². The van der Waals surface area contributed by atoms with Gasteiger partial charge in [-0.1, -0.05) is 12.1 Å². The SMILES string of the molecule is C[C@@H](CN)OCc1ccc(F)cc1. The van der Waals surface area contributed by atoms with E-state index in [1.165, 1.54) is 12.1 Å². The second kappa shape index (κ2) is 4.94. The quantitative estimate of drug-likeness (QED) is 0.771. The van der Waals surface area contributed by atoms with E-state index in [0.717, 1.165) is 5.56 Å². The Morgan fingerprint density at radius 1 is 1.38 bits per heavy atom. The molecule has 0 unspecified atom stereocenters. The van der Waals surface area contributed by atoms with Crippen LogP contribution in [0.4, 0.5) is 4.39 Å². The predicted octanol–water partition coefficient (Wildman–Crippen LogP) is 1.69. The Labute approximate surface area is 77.5 Å². The second-order valence-electron chi connectivity index (χ2n) is 2.98. The van der Waals surface area contributed by atoms with Gasteiger partial charge in [0.2, 0.25) is 0 Å². The minimum Gasteiger partial charge on any atom is -0.373 e. The number of benzene rings is 1. The molecule has 1 atom stereocenters. The van der Waals surface area contributed by atoms with Gasteiger partial charge in [-0.05, 0) is 24.6 Å². The number of halogens is 1. The van der Waals surface area contributed by atoms with Gasteiger partial charge in [0, 0.05) is 6.54 Å². The highest BCUT2D eigenvalue weighted by Gasteiger charge is 1.99. The molecule has 0 aliphatic heterocycles. The number of hydrogen-bond acceptors (Lipinski definition) is 2. The Hall–Kier alpha value is -0.930. The summed E-state index contributed by atoms with van der Waals surface area (Å²) in [4.78, 5) is 0. The topological polar surface area (TPSA) is 35.2 Å². The van der Waals surface area contributed by atoms with Gasteiger partial charge in [0.25, 0.3) is 0 Å². The van der Waals surface area contributed by atoms with Gasteiger partial charge >= 0.3 is 0 Å². The van der Waals surface area contributed by atoms with Gasteiger partial charge < -0.3 is 10.5 Å². The van der Waals surface area contributed by atoms with Crippen LogP contribution in [0.2, 0.25) is 0 Å². The van der Waals surface area contributed by atoms with E-state index in [2.05, 4.69) is 0 Å². The first kappa shape index (κ1) is 10.2. The van der Waals surface area contributed by atoms with Crippen molar-refractivity contribution in [2.75, 3.05) is 6.54 Å². The number of rotatable bonds is 4. The van der Waals surface area contributed by atoms with Gasteiger partial charge in [-0.15, -0.1) is 0 Å². The highest BCUT2D eigenvalue weighted by Crippen LogP contribution is 2.05. The Kier molecular flexibility index (Phi) is 3.86. The molecule has 3 heteroatoms. The molecule has 0 bridgehead atoms. The van der Waals surface area contributed by atoms with Crippen molar-refractivity contribution in [3.63, 3.8) is 0 Å². The minimum atomic E-state index is -0.226. The van der Waals surface area contributed by atoms with Gasteiger partial charge in [-0.2, -0.15) is 0 Å². The Bertz CT molecular complexity index is 248. The molecule has 0 spiro atoms.